The molecule has 0 aliphatic rings. The fourth-order valence-electron chi connectivity index (χ4n) is 2.14. The Kier molecular flexibility index (Phi) is 5.93. The van der Waals surface area contributed by atoms with Gasteiger partial charge in [0.15, 0.2) is 5.69 Å². The Hall–Kier alpha value is -2.67. The SMILES string of the molecule is CC(C)(C)OCCC(NC(=O)c1ccn(-c2ccccc2)n1)C(=O)O. The number of hydrogen-bond acceptors (Lipinski definition) is 4. The fourth-order valence-corrected chi connectivity index (χ4v) is 2.14. The fraction of sp³-hybridized carbons (Fsp3) is 0.389. The average molecular weight is 345 g/mol. The molecule has 2 N–H and O–H groups in total. The average Bonchev–Trinajstić information content (AvgIpc) is 3.03. The Labute approximate surface area is 146 Å². The van der Waals surface area contributed by atoms with Gasteiger partial charge in [-0.05, 0) is 39.0 Å². The second-order valence-corrected chi connectivity index (χ2v) is 6.59. The molecule has 0 aliphatic heterocycles. The van der Waals surface area contributed by atoms with Crippen molar-refractivity contribution < 1.29 is 19.4 Å². The number of amides is 1. The lowest BCUT2D eigenvalue weighted by Crippen LogP contribution is -2.42. The molecule has 7 nitrogen and oxygen atoms in total. The highest BCUT2D eigenvalue weighted by Crippen LogP contribution is 2.09. The number of carbonyl (C=O) groups excluding carboxylic acids is 1. The molecule has 1 amide bonds. The summed E-state index contributed by atoms with van der Waals surface area (Å²) in [6, 6.07) is 9.86. The van der Waals surface area contributed by atoms with Crippen molar-refractivity contribution in [1.82, 2.24) is 15.1 Å². The van der Waals surface area contributed by atoms with Crippen LogP contribution in [-0.4, -0.2) is 45.0 Å². The third-order valence-corrected chi connectivity index (χ3v) is 3.39. The van der Waals surface area contributed by atoms with Gasteiger partial charge in [-0.2, -0.15) is 5.10 Å². The Morgan fingerprint density at radius 3 is 2.52 bits per heavy atom. The van der Waals surface area contributed by atoms with Crippen LogP contribution in [0.25, 0.3) is 5.69 Å². The van der Waals surface area contributed by atoms with Crippen LogP contribution >= 0.6 is 0 Å². The van der Waals surface area contributed by atoms with Crippen LogP contribution in [0, 0.1) is 0 Å². The monoisotopic (exact) mass is 345 g/mol. The van der Waals surface area contributed by atoms with Gasteiger partial charge in [0.05, 0.1) is 11.3 Å². The van der Waals surface area contributed by atoms with Gasteiger partial charge in [-0.25, -0.2) is 9.48 Å². The number of aliphatic carboxylic acids is 1. The summed E-state index contributed by atoms with van der Waals surface area (Å²) in [5.74, 6) is -1.63. The first kappa shape index (κ1) is 18.7. The molecule has 1 heterocycles. The Morgan fingerprint density at radius 1 is 1.24 bits per heavy atom. The lowest BCUT2D eigenvalue weighted by Gasteiger charge is -2.21. The number of para-hydroxylation sites is 1. The van der Waals surface area contributed by atoms with Crippen molar-refractivity contribution in [1.29, 1.82) is 0 Å². The number of aromatic nitrogens is 2. The molecular weight excluding hydrogens is 322 g/mol. The van der Waals surface area contributed by atoms with E-state index in [9.17, 15) is 14.7 Å². The summed E-state index contributed by atoms with van der Waals surface area (Å²) in [5.41, 5.74) is 0.614. The van der Waals surface area contributed by atoms with E-state index in [1.165, 1.54) is 0 Å². The number of nitrogens with one attached hydrogen (secondary N) is 1. The number of carboxylic acids is 1. The highest BCUT2D eigenvalue weighted by molar-refractivity contribution is 5.94. The molecule has 0 saturated carbocycles. The van der Waals surface area contributed by atoms with Gasteiger partial charge in [0.2, 0.25) is 0 Å². The highest BCUT2D eigenvalue weighted by Gasteiger charge is 2.23. The van der Waals surface area contributed by atoms with Crippen molar-refractivity contribution in [3.8, 4) is 5.69 Å². The minimum Gasteiger partial charge on any atom is -0.480 e. The number of ether oxygens (including phenoxy) is 1. The molecule has 0 spiro atoms. The van der Waals surface area contributed by atoms with E-state index in [4.69, 9.17) is 4.74 Å². The number of nitrogens with zero attached hydrogens (tertiary/aromatic N) is 2. The van der Waals surface area contributed by atoms with Crippen molar-refractivity contribution in [2.45, 2.75) is 38.8 Å². The van der Waals surface area contributed by atoms with Crippen molar-refractivity contribution >= 4 is 11.9 Å². The van der Waals surface area contributed by atoms with Crippen LogP contribution in [0.1, 0.15) is 37.7 Å². The van der Waals surface area contributed by atoms with Crippen molar-refractivity contribution in [3.05, 3.63) is 48.3 Å². The van der Waals surface area contributed by atoms with Gasteiger partial charge in [0.25, 0.3) is 5.91 Å². The summed E-state index contributed by atoms with van der Waals surface area (Å²) in [6.07, 6.45) is 1.83. The Morgan fingerprint density at radius 2 is 1.92 bits per heavy atom. The Balaban J connectivity index is 1.99. The van der Waals surface area contributed by atoms with E-state index >= 15 is 0 Å². The standard InChI is InChI=1S/C18H23N3O4/c1-18(2,3)25-12-10-15(17(23)24)19-16(22)14-9-11-21(20-14)13-7-5-4-6-8-13/h4-9,11,15H,10,12H2,1-3H3,(H,19,22)(H,23,24). The van der Waals surface area contributed by atoms with Gasteiger partial charge < -0.3 is 15.2 Å². The molecule has 0 aliphatic carbocycles. The molecule has 1 unspecified atom stereocenters. The van der Waals surface area contributed by atoms with Gasteiger partial charge >= 0.3 is 5.97 Å². The molecule has 0 saturated heterocycles. The molecule has 0 fully saturated rings. The zero-order valence-corrected chi connectivity index (χ0v) is 14.6. The lowest BCUT2D eigenvalue weighted by atomic mass is 10.1. The van der Waals surface area contributed by atoms with E-state index < -0.39 is 17.9 Å². The van der Waals surface area contributed by atoms with Gasteiger partial charge in [0, 0.05) is 19.2 Å². The first-order valence-corrected chi connectivity index (χ1v) is 8.05. The molecule has 1 aromatic carbocycles. The smallest absolute Gasteiger partial charge is 0.326 e. The first-order chi connectivity index (χ1) is 11.8. The van der Waals surface area contributed by atoms with Gasteiger partial charge in [-0.1, -0.05) is 18.2 Å². The second-order valence-electron chi connectivity index (χ2n) is 6.59. The lowest BCUT2D eigenvalue weighted by molar-refractivity contribution is -0.140. The van der Waals surface area contributed by atoms with Crippen LogP contribution in [0.5, 0.6) is 0 Å². The number of carbonyl (C=O) groups is 2. The van der Waals surface area contributed by atoms with Crippen LogP contribution in [-0.2, 0) is 9.53 Å². The molecule has 134 valence electrons. The molecule has 25 heavy (non-hydrogen) atoms. The third kappa shape index (κ3) is 5.72. The molecule has 7 heteroatoms. The maximum atomic E-state index is 12.3. The number of carboxylic acid groups (broad SMARTS) is 1. The van der Waals surface area contributed by atoms with Crippen molar-refractivity contribution in [3.63, 3.8) is 0 Å². The van der Waals surface area contributed by atoms with Crippen LogP contribution < -0.4 is 5.32 Å². The number of rotatable bonds is 7. The van der Waals surface area contributed by atoms with E-state index in [2.05, 4.69) is 10.4 Å². The molecule has 1 aromatic heterocycles. The van der Waals surface area contributed by atoms with Crippen molar-refractivity contribution in [2.24, 2.45) is 0 Å². The zero-order chi connectivity index (χ0) is 18.4. The predicted molar refractivity (Wildman–Crippen MR) is 92.8 cm³/mol. The van der Waals surface area contributed by atoms with E-state index in [0.29, 0.717) is 0 Å². The predicted octanol–water partition coefficient (Wildman–Crippen LogP) is 2.26. The van der Waals surface area contributed by atoms with Gasteiger partial charge in [-0.15, -0.1) is 0 Å². The normalized spacial score (nSPS) is 12.6. The van der Waals surface area contributed by atoms with Crippen LogP contribution in [0.4, 0.5) is 0 Å². The molecular formula is C18H23N3O4. The number of benzene rings is 1. The summed E-state index contributed by atoms with van der Waals surface area (Å²) < 4.78 is 7.09. The minimum absolute atomic E-state index is 0.159. The summed E-state index contributed by atoms with van der Waals surface area (Å²) in [4.78, 5) is 23.6. The highest BCUT2D eigenvalue weighted by atomic mass is 16.5. The summed E-state index contributed by atoms with van der Waals surface area (Å²) in [7, 11) is 0. The van der Waals surface area contributed by atoms with Crippen LogP contribution in [0.3, 0.4) is 0 Å². The van der Waals surface area contributed by atoms with E-state index in [0.717, 1.165) is 5.69 Å². The molecule has 1 atom stereocenters. The number of hydrogen-bond donors (Lipinski definition) is 2. The first-order valence-electron chi connectivity index (χ1n) is 8.05. The van der Waals surface area contributed by atoms with Gasteiger partial charge in [0.1, 0.15) is 6.04 Å². The maximum absolute atomic E-state index is 12.3. The topological polar surface area (TPSA) is 93.5 Å². The molecule has 2 rings (SSSR count). The van der Waals surface area contributed by atoms with Crippen molar-refractivity contribution in [2.75, 3.05) is 6.61 Å². The summed E-state index contributed by atoms with van der Waals surface area (Å²) in [5, 5.41) is 16.0. The van der Waals surface area contributed by atoms with E-state index in [1.807, 2.05) is 51.1 Å². The molecule has 0 bridgehead atoms. The molecule has 2 aromatic rings. The van der Waals surface area contributed by atoms with E-state index in [1.54, 1.807) is 16.9 Å². The quantitative estimate of drug-likeness (QED) is 0.803. The maximum Gasteiger partial charge on any atom is 0.326 e. The Bertz CT molecular complexity index is 719. The minimum atomic E-state index is -1.10. The largest absolute Gasteiger partial charge is 0.480 e. The van der Waals surface area contributed by atoms with Gasteiger partial charge in [-0.3, -0.25) is 4.79 Å². The van der Waals surface area contributed by atoms with E-state index in [-0.39, 0.29) is 24.3 Å². The van der Waals surface area contributed by atoms with Crippen LogP contribution in [0.15, 0.2) is 42.6 Å². The third-order valence-electron chi connectivity index (χ3n) is 3.39. The summed E-state index contributed by atoms with van der Waals surface area (Å²) >= 11 is 0. The zero-order valence-electron chi connectivity index (χ0n) is 14.6. The van der Waals surface area contributed by atoms with Crippen LogP contribution in [0.2, 0.25) is 0 Å². The second kappa shape index (κ2) is 7.94. The molecule has 0 radical (unpaired) electrons. The summed E-state index contributed by atoms with van der Waals surface area (Å²) in [6.45, 7) is 5.89.